The molecule has 2 atom stereocenters. The lowest BCUT2D eigenvalue weighted by Gasteiger charge is -2.17. The predicted molar refractivity (Wildman–Crippen MR) is 116 cm³/mol. The van der Waals surface area contributed by atoms with Gasteiger partial charge in [-0.3, -0.25) is 4.79 Å². The van der Waals surface area contributed by atoms with Gasteiger partial charge in [0, 0.05) is 36.7 Å². The van der Waals surface area contributed by atoms with Crippen molar-refractivity contribution in [1.82, 2.24) is 10.6 Å². The summed E-state index contributed by atoms with van der Waals surface area (Å²) < 4.78 is 11.6. The van der Waals surface area contributed by atoms with Gasteiger partial charge in [0.1, 0.15) is 17.6 Å². The van der Waals surface area contributed by atoms with Gasteiger partial charge in [-0.25, -0.2) is 4.79 Å². The van der Waals surface area contributed by atoms with E-state index in [1.165, 1.54) is 6.92 Å². The average Bonchev–Trinajstić information content (AvgIpc) is 3.05. The molecule has 1 aliphatic rings. The van der Waals surface area contributed by atoms with Crippen LogP contribution in [-0.4, -0.2) is 24.6 Å². The SMILES string of the molecule is CCOc1cc2c(cc1CNC(=O)N[C@H](C)c1cccc(NC(C)=O)c1)O[C@H](C)C2. The second kappa shape index (κ2) is 9.52. The van der Waals surface area contributed by atoms with E-state index in [4.69, 9.17) is 9.47 Å². The summed E-state index contributed by atoms with van der Waals surface area (Å²) in [5.41, 5.74) is 3.60. The second-order valence-electron chi connectivity index (χ2n) is 7.49. The first-order chi connectivity index (χ1) is 14.4. The Labute approximate surface area is 177 Å². The number of rotatable bonds is 7. The molecule has 0 saturated carbocycles. The summed E-state index contributed by atoms with van der Waals surface area (Å²) >= 11 is 0. The lowest BCUT2D eigenvalue weighted by atomic mass is 10.1. The number of fused-ring (bicyclic) bond motifs is 1. The molecule has 0 fully saturated rings. The Balaban J connectivity index is 1.62. The van der Waals surface area contributed by atoms with Crippen LogP contribution in [0.3, 0.4) is 0 Å². The third-order valence-electron chi connectivity index (χ3n) is 4.87. The molecule has 1 heterocycles. The number of amides is 3. The standard InChI is InChI=1S/C23H29N3O4/c1-5-29-21-11-18-9-14(2)30-22(18)12-19(21)13-24-23(28)25-15(3)17-7-6-8-20(10-17)26-16(4)27/h6-8,10-12,14-15H,5,9,13H2,1-4H3,(H,26,27)(H2,24,25,28)/t14-,15-/m1/s1. The van der Waals surface area contributed by atoms with Gasteiger partial charge in [-0.2, -0.15) is 0 Å². The molecule has 30 heavy (non-hydrogen) atoms. The van der Waals surface area contributed by atoms with E-state index in [1.54, 1.807) is 0 Å². The molecule has 0 aromatic heterocycles. The molecule has 0 radical (unpaired) electrons. The van der Waals surface area contributed by atoms with Crippen molar-refractivity contribution in [3.63, 3.8) is 0 Å². The summed E-state index contributed by atoms with van der Waals surface area (Å²) in [6.07, 6.45) is 1.01. The van der Waals surface area contributed by atoms with Crippen LogP contribution in [0.2, 0.25) is 0 Å². The zero-order valence-corrected chi connectivity index (χ0v) is 17.9. The van der Waals surface area contributed by atoms with E-state index in [2.05, 4.69) is 16.0 Å². The van der Waals surface area contributed by atoms with Crippen molar-refractivity contribution >= 4 is 17.6 Å². The molecule has 0 bridgehead atoms. The van der Waals surface area contributed by atoms with Crippen LogP contribution in [0.15, 0.2) is 36.4 Å². The van der Waals surface area contributed by atoms with Gasteiger partial charge in [0.2, 0.25) is 5.91 Å². The highest BCUT2D eigenvalue weighted by atomic mass is 16.5. The molecule has 0 spiro atoms. The number of hydrogen-bond acceptors (Lipinski definition) is 4. The number of benzene rings is 2. The minimum Gasteiger partial charge on any atom is -0.494 e. The van der Waals surface area contributed by atoms with Gasteiger partial charge in [-0.05, 0) is 50.6 Å². The van der Waals surface area contributed by atoms with Crippen LogP contribution in [0.1, 0.15) is 50.4 Å². The number of carbonyl (C=O) groups excluding carboxylic acids is 2. The third-order valence-corrected chi connectivity index (χ3v) is 4.87. The topological polar surface area (TPSA) is 88.7 Å². The van der Waals surface area contributed by atoms with Gasteiger partial charge in [0.05, 0.1) is 12.6 Å². The first kappa shape index (κ1) is 21.5. The van der Waals surface area contributed by atoms with Crippen LogP contribution in [0.5, 0.6) is 11.5 Å². The minimum atomic E-state index is -0.287. The molecule has 3 amide bonds. The number of carbonyl (C=O) groups is 2. The fraction of sp³-hybridized carbons (Fsp3) is 0.391. The zero-order valence-electron chi connectivity index (χ0n) is 17.9. The Morgan fingerprint density at radius 2 is 2.07 bits per heavy atom. The van der Waals surface area contributed by atoms with Gasteiger partial charge >= 0.3 is 6.03 Å². The van der Waals surface area contributed by atoms with Crippen LogP contribution in [-0.2, 0) is 17.8 Å². The largest absolute Gasteiger partial charge is 0.494 e. The molecule has 0 saturated heterocycles. The van der Waals surface area contributed by atoms with Gasteiger partial charge in [-0.1, -0.05) is 12.1 Å². The summed E-state index contributed by atoms with van der Waals surface area (Å²) in [6.45, 7) is 8.20. The molecule has 160 valence electrons. The monoisotopic (exact) mass is 411 g/mol. The molecule has 1 aliphatic heterocycles. The van der Waals surface area contributed by atoms with Crippen molar-refractivity contribution in [2.24, 2.45) is 0 Å². The number of ether oxygens (including phenoxy) is 2. The highest BCUT2D eigenvalue weighted by Gasteiger charge is 2.22. The van der Waals surface area contributed by atoms with Crippen molar-refractivity contribution in [1.29, 1.82) is 0 Å². The van der Waals surface area contributed by atoms with Gasteiger partial charge in [0.15, 0.2) is 0 Å². The van der Waals surface area contributed by atoms with Crippen molar-refractivity contribution in [3.05, 3.63) is 53.1 Å². The Hall–Kier alpha value is -3.22. The van der Waals surface area contributed by atoms with Crippen molar-refractivity contribution in [2.45, 2.75) is 52.8 Å². The van der Waals surface area contributed by atoms with Crippen LogP contribution in [0, 0.1) is 0 Å². The summed E-state index contributed by atoms with van der Waals surface area (Å²) in [7, 11) is 0. The van der Waals surface area contributed by atoms with Crippen molar-refractivity contribution in [2.75, 3.05) is 11.9 Å². The van der Waals surface area contributed by atoms with Gasteiger partial charge in [-0.15, -0.1) is 0 Å². The second-order valence-corrected chi connectivity index (χ2v) is 7.49. The lowest BCUT2D eigenvalue weighted by molar-refractivity contribution is -0.114. The van der Waals surface area contributed by atoms with Gasteiger partial charge in [0.25, 0.3) is 0 Å². The first-order valence-electron chi connectivity index (χ1n) is 10.2. The quantitative estimate of drug-likeness (QED) is 0.644. The summed E-state index contributed by atoms with van der Waals surface area (Å²) in [5.74, 6) is 1.49. The number of hydrogen-bond donors (Lipinski definition) is 3. The molecular formula is C23H29N3O4. The van der Waals surface area contributed by atoms with E-state index in [0.717, 1.165) is 34.6 Å². The summed E-state index contributed by atoms with van der Waals surface area (Å²) in [6, 6.07) is 10.8. The van der Waals surface area contributed by atoms with Crippen LogP contribution in [0.25, 0.3) is 0 Å². The fourth-order valence-corrected chi connectivity index (χ4v) is 3.51. The average molecular weight is 412 g/mol. The third kappa shape index (κ3) is 5.43. The maximum atomic E-state index is 12.5. The fourth-order valence-electron chi connectivity index (χ4n) is 3.51. The van der Waals surface area contributed by atoms with Crippen LogP contribution >= 0.6 is 0 Å². The Morgan fingerprint density at radius 1 is 1.27 bits per heavy atom. The van der Waals surface area contributed by atoms with E-state index in [0.29, 0.717) is 18.8 Å². The summed E-state index contributed by atoms with van der Waals surface area (Å²) in [5, 5.41) is 8.56. The number of nitrogens with one attached hydrogen (secondary N) is 3. The molecular weight excluding hydrogens is 382 g/mol. The predicted octanol–water partition coefficient (Wildman–Crippen LogP) is 3.93. The van der Waals surface area contributed by atoms with E-state index in [-0.39, 0.29) is 24.1 Å². The number of anilines is 1. The molecule has 3 rings (SSSR count). The maximum Gasteiger partial charge on any atom is 0.315 e. The smallest absolute Gasteiger partial charge is 0.315 e. The van der Waals surface area contributed by atoms with Crippen LogP contribution in [0.4, 0.5) is 10.5 Å². The maximum absolute atomic E-state index is 12.5. The summed E-state index contributed by atoms with van der Waals surface area (Å²) in [4.78, 5) is 23.7. The van der Waals surface area contributed by atoms with E-state index in [9.17, 15) is 9.59 Å². The Kier molecular flexibility index (Phi) is 6.82. The van der Waals surface area contributed by atoms with Crippen LogP contribution < -0.4 is 25.4 Å². The lowest BCUT2D eigenvalue weighted by Crippen LogP contribution is -2.36. The van der Waals surface area contributed by atoms with E-state index >= 15 is 0 Å². The molecule has 0 unspecified atom stereocenters. The molecule has 0 aliphatic carbocycles. The van der Waals surface area contributed by atoms with E-state index in [1.807, 2.05) is 57.2 Å². The van der Waals surface area contributed by atoms with Crippen molar-refractivity contribution in [3.8, 4) is 11.5 Å². The van der Waals surface area contributed by atoms with Crippen molar-refractivity contribution < 1.29 is 19.1 Å². The first-order valence-corrected chi connectivity index (χ1v) is 10.2. The molecule has 7 heteroatoms. The highest BCUT2D eigenvalue weighted by Crippen LogP contribution is 2.35. The highest BCUT2D eigenvalue weighted by molar-refractivity contribution is 5.88. The number of urea groups is 1. The molecule has 2 aromatic carbocycles. The van der Waals surface area contributed by atoms with E-state index < -0.39 is 0 Å². The van der Waals surface area contributed by atoms with Gasteiger partial charge < -0.3 is 25.4 Å². The normalized spacial score (nSPS) is 15.5. The Bertz CT molecular complexity index is 929. The molecule has 2 aromatic rings. The zero-order chi connectivity index (χ0) is 21.7. The minimum absolute atomic E-state index is 0.136. The molecule has 7 nitrogen and oxygen atoms in total. The Morgan fingerprint density at radius 3 is 2.80 bits per heavy atom. The molecule has 3 N–H and O–H groups in total.